The van der Waals surface area contributed by atoms with Gasteiger partial charge in [0.25, 0.3) is 0 Å². The molecule has 1 unspecified atom stereocenters. The van der Waals surface area contributed by atoms with E-state index in [0.717, 1.165) is 23.5 Å². The van der Waals surface area contributed by atoms with Gasteiger partial charge < -0.3 is 15.4 Å². The molecule has 3 atom stereocenters. The number of ether oxygens (including phenoxy) is 1. The maximum absolute atomic E-state index is 13.9. The van der Waals surface area contributed by atoms with Crippen molar-refractivity contribution in [3.05, 3.63) is 11.6 Å². The van der Waals surface area contributed by atoms with Crippen LogP contribution in [0.5, 0.6) is 0 Å². The molecule has 0 radical (unpaired) electrons. The summed E-state index contributed by atoms with van der Waals surface area (Å²) in [5.74, 6) is -1.61. The van der Waals surface area contributed by atoms with E-state index in [2.05, 4.69) is 0 Å². The number of hydrogen-bond donors (Lipinski definition) is 1. The van der Waals surface area contributed by atoms with Crippen LogP contribution in [0.25, 0.3) is 0 Å². The lowest BCUT2D eigenvalue weighted by Gasteiger charge is -2.29. The molecule has 0 aromatic carbocycles. The molecule has 2 heterocycles. The maximum atomic E-state index is 13.9. The Balaban J connectivity index is 1.76. The van der Waals surface area contributed by atoms with Crippen molar-refractivity contribution in [2.75, 3.05) is 6.54 Å². The molecule has 2 aliphatic heterocycles. The van der Waals surface area contributed by atoms with Crippen LogP contribution in [0.15, 0.2) is 11.6 Å². The Morgan fingerprint density at radius 1 is 1.38 bits per heavy atom. The van der Waals surface area contributed by atoms with Crippen LogP contribution in [0.4, 0.5) is 9.18 Å². The zero-order valence-electron chi connectivity index (χ0n) is 13.5. The summed E-state index contributed by atoms with van der Waals surface area (Å²) in [6.45, 7) is 3.31. The topological polar surface area (TPSA) is 102 Å². The molecule has 2 bridgehead atoms. The lowest BCUT2D eigenvalue weighted by atomic mass is 9.95. The van der Waals surface area contributed by atoms with E-state index >= 15 is 0 Å². The SMILES string of the molecule is CC(C)OC(=O)C(F)ON1C(=O)N2C[C@H]1C=C(C1CC1)[C@H]2C(N)=O. The number of nitrogens with two attached hydrogens (primary N) is 1. The van der Waals surface area contributed by atoms with Gasteiger partial charge in [-0.25, -0.2) is 18.8 Å². The standard InChI is InChI=1S/C15H20FN3O5/c1-7(2)23-14(21)12(16)24-19-9-5-10(8-3-4-8)11(13(17)20)18(6-9)15(19)22/h5,7-9,11-12H,3-4,6H2,1-2H3,(H2,17,20)/t9-,11+,12?/m1/s1. The number of hydroxylamine groups is 2. The molecule has 1 aliphatic carbocycles. The Morgan fingerprint density at radius 3 is 2.58 bits per heavy atom. The maximum Gasteiger partial charge on any atom is 0.371 e. The number of urea groups is 1. The third-order valence-corrected chi connectivity index (χ3v) is 4.19. The second kappa shape index (κ2) is 6.04. The normalized spacial score (nSPS) is 27.3. The van der Waals surface area contributed by atoms with E-state index in [4.69, 9.17) is 15.3 Å². The predicted molar refractivity (Wildman–Crippen MR) is 78.7 cm³/mol. The zero-order chi connectivity index (χ0) is 17.6. The molecule has 1 saturated carbocycles. The van der Waals surface area contributed by atoms with Crippen molar-refractivity contribution in [2.45, 2.75) is 51.2 Å². The molecular formula is C15H20FN3O5. The van der Waals surface area contributed by atoms with Crippen LogP contribution in [-0.2, 0) is 19.2 Å². The number of carbonyl (C=O) groups is 3. The fourth-order valence-corrected chi connectivity index (χ4v) is 3.10. The van der Waals surface area contributed by atoms with Crippen molar-refractivity contribution >= 4 is 17.9 Å². The van der Waals surface area contributed by atoms with E-state index in [1.807, 2.05) is 0 Å². The Kier molecular flexibility index (Phi) is 4.20. The van der Waals surface area contributed by atoms with Crippen LogP contribution >= 0.6 is 0 Å². The number of amides is 3. The first kappa shape index (κ1) is 16.7. The second-order valence-electron chi connectivity index (χ2n) is 6.48. The van der Waals surface area contributed by atoms with E-state index in [1.54, 1.807) is 19.9 Å². The van der Waals surface area contributed by atoms with Gasteiger partial charge in [0, 0.05) is 0 Å². The average Bonchev–Trinajstić information content (AvgIpc) is 3.31. The van der Waals surface area contributed by atoms with Crippen molar-refractivity contribution < 1.29 is 28.3 Å². The fourth-order valence-electron chi connectivity index (χ4n) is 3.10. The fraction of sp³-hybridized carbons (Fsp3) is 0.667. The molecule has 3 rings (SSSR count). The van der Waals surface area contributed by atoms with Gasteiger partial charge in [-0.1, -0.05) is 6.08 Å². The summed E-state index contributed by atoms with van der Waals surface area (Å²) in [4.78, 5) is 41.9. The van der Waals surface area contributed by atoms with Crippen LogP contribution < -0.4 is 5.73 Å². The number of alkyl halides is 1. The minimum atomic E-state index is -2.42. The molecule has 3 amide bonds. The molecule has 1 saturated heterocycles. The molecule has 24 heavy (non-hydrogen) atoms. The van der Waals surface area contributed by atoms with Gasteiger partial charge in [0.15, 0.2) is 0 Å². The summed E-state index contributed by atoms with van der Waals surface area (Å²) in [6.07, 6.45) is 0.670. The molecular weight excluding hydrogens is 321 g/mol. The number of halogens is 1. The lowest BCUT2D eigenvalue weighted by Crippen LogP contribution is -2.49. The number of rotatable bonds is 6. The number of hydrogen-bond acceptors (Lipinski definition) is 5. The summed E-state index contributed by atoms with van der Waals surface area (Å²) < 4.78 is 18.7. The van der Waals surface area contributed by atoms with E-state index in [1.165, 1.54) is 4.90 Å². The minimum absolute atomic E-state index is 0.161. The highest BCUT2D eigenvalue weighted by molar-refractivity contribution is 5.91. The molecule has 8 nitrogen and oxygen atoms in total. The number of fused-ring (bicyclic) bond motifs is 2. The quantitative estimate of drug-likeness (QED) is 0.559. The van der Waals surface area contributed by atoms with Gasteiger partial charge in [-0.15, -0.1) is 0 Å². The van der Waals surface area contributed by atoms with Crippen LogP contribution in [0.1, 0.15) is 26.7 Å². The van der Waals surface area contributed by atoms with Gasteiger partial charge in [0.2, 0.25) is 5.91 Å². The number of primary amides is 1. The van der Waals surface area contributed by atoms with E-state index in [9.17, 15) is 18.8 Å². The molecule has 0 spiro atoms. The molecule has 0 aromatic rings. The number of esters is 1. The zero-order valence-corrected chi connectivity index (χ0v) is 13.5. The van der Waals surface area contributed by atoms with Crippen molar-refractivity contribution in [3.63, 3.8) is 0 Å². The smallest absolute Gasteiger partial charge is 0.371 e. The van der Waals surface area contributed by atoms with Gasteiger partial charge >= 0.3 is 18.4 Å². The first-order valence-corrected chi connectivity index (χ1v) is 7.91. The highest BCUT2D eigenvalue weighted by Gasteiger charge is 2.51. The lowest BCUT2D eigenvalue weighted by molar-refractivity contribution is -0.225. The Labute approximate surface area is 138 Å². The Morgan fingerprint density at radius 2 is 2.04 bits per heavy atom. The van der Waals surface area contributed by atoms with Gasteiger partial charge in [-0.3, -0.25) is 4.79 Å². The van der Waals surface area contributed by atoms with Crippen LogP contribution in [0.2, 0.25) is 0 Å². The highest BCUT2D eigenvalue weighted by Crippen LogP contribution is 2.43. The van der Waals surface area contributed by atoms with Crippen molar-refractivity contribution in [1.29, 1.82) is 0 Å². The monoisotopic (exact) mass is 341 g/mol. The number of nitrogens with zero attached hydrogens (tertiary/aromatic N) is 2. The first-order valence-electron chi connectivity index (χ1n) is 7.91. The minimum Gasteiger partial charge on any atom is -0.459 e. The van der Waals surface area contributed by atoms with Crippen molar-refractivity contribution in [3.8, 4) is 0 Å². The summed E-state index contributed by atoms with van der Waals surface area (Å²) in [7, 11) is 0. The largest absolute Gasteiger partial charge is 0.459 e. The van der Waals surface area contributed by atoms with Crippen LogP contribution in [0, 0.1) is 5.92 Å². The van der Waals surface area contributed by atoms with Crippen LogP contribution in [0.3, 0.4) is 0 Å². The van der Waals surface area contributed by atoms with Gasteiger partial charge in [0.05, 0.1) is 18.7 Å². The summed E-state index contributed by atoms with van der Waals surface area (Å²) in [5.41, 5.74) is 6.21. The van der Waals surface area contributed by atoms with Crippen LogP contribution in [-0.4, -0.2) is 59.0 Å². The van der Waals surface area contributed by atoms with E-state index in [0.29, 0.717) is 0 Å². The molecule has 2 N–H and O–H groups in total. The third-order valence-electron chi connectivity index (χ3n) is 4.19. The number of carbonyl (C=O) groups excluding carboxylic acids is 3. The average molecular weight is 341 g/mol. The first-order chi connectivity index (χ1) is 11.3. The van der Waals surface area contributed by atoms with Gasteiger partial charge in [-0.05, 0) is 38.2 Å². The molecule has 9 heteroatoms. The van der Waals surface area contributed by atoms with Gasteiger partial charge in [0.1, 0.15) is 6.04 Å². The van der Waals surface area contributed by atoms with Gasteiger partial charge in [-0.2, -0.15) is 5.06 Å². The van der Waals surface area contributed by atoms with E-state index in [-0.39, 0.29) is 12.5 Å². The summed E-state index contributed by atoms with van der Waals surface area (Å²) in [6, 6.07) is -2.08. The Bertz CT molecular complexity index is 604. The summed E-state index contributed by atoms with van der Waals surface area (Å²) in [5, 5.41) is 0.789. The second-order valence-corrected chi connectivity index (χ2v) is 6.48. The van der Waals surface area contributed by atoms with E-state index < -0.39 is 42.5 Å². The Hall–Kier alpha value is -2.16. The predicted octanol–water partition coefficient (Wildman–Crippen LogP) is 0.475. The molecule has 132 valence electrons. The molecule has 3 aliphatic rings. The summed E-state index contributed by atoms with van der Waals surface area (Å²) >= 11 is 0. The highest BCUT2D eigenvalue weighted by atomic mass is 19.1. The third kappa shape index (κ3) is 2.95. The molecule has 0 aromatic heterocycles. The molecule has 2 fully saturated rings. The van der Waals surface area contributed by atoms with Crippen molar-refractivity contribution in [2.24, 2.45) is 11.7 Å². The van der Waals surface area contributed by atoms with Crippen molar-refractivity contribution in [1.82, 2.24) is 9.96 Å².